The van der Waals surface area contributed by atoms with Crippen molar-refractivity contribution in [3.63, 3.8) is 0 Å². The Morgan fingerprint density at radius 2 is 1.90 bits per heavy atom. The second-order valence-electron chi connectivity index (χ2n) is 5.65. The first-order valence-corrected chi connectivity index (χ1v) is 9.22. The van der Waals surface area contributed by atoms with Crippen LogP contribution in [0.25, 0.3) is 0 Å². The van der Waals surface area contributed by atoms with E-state index in [1.165, 1.54) is 53.9 Å². The minimum atomic E-state index is 0.501. The minimum Gasteiger partial charge on any atom is -0.309 e. The first-order chi connectivity index (χ1) is 9.69. The molecule has 1 aromatic carbocycles. The van der Waals surface area contributed by atoms with Gasteiger partial charge in [-0.2, -0.15) is 11.8 Å². The molecule has 1 atom stereocenters. The molecule has 2 heteroatoms. The van der Waals surface area contributed by atoms with Crippen LogP contribution in [-0.2, 0) is 0 Å². The number of aryl methyl sites for hydroxylation is 2. The quantitative estimate of drug-likeness (QED) is 0.590. The highest BCUT2D eigenvalue weighted by Gasteiger charge is 2.13. The predicted octanol–water partition coefficient (Wildman–Crippen LogP) is 5.27. The molecule has 0 saturated heterocycles. The maximum atomic E-state index is 3.72. The molecule has 0 fully saturated rings. The van der Waals surface area contributed by atoms with Crippen LogP contribution in [-0.4, -0.2) is 18.1 Å². The van der Waals surface area contributed by atoms with Crippen molar-refractivity contribution in [3.05, 3.63) is 34.9 Å². The van der Waals surface area contributed by atoms with Gasteiger partial charge in [-0.15, -0.1) is 0 Å². The van der Waals surface area contributed by atoms with Gasteiger partial charge < -0.3 is 5.32 Å². The number of rotatable bonds is 10. The number of nitrogens with one attached hydrogen (secondary N) is 1. The van der Waals surface area contributed by atoms with Gasteiger partial charge in [-0.05, 0) is 50.1 Å². The summed E-state index contributed by atoms with van der Waals surface area (Å²) in [6.45, 7) is 10.0. The van der Waals surface area contributed by atoms with E-state index in [2.05, 4.69) is 63.0 Å². The Morgan fingerprint density at radius 3 is 2.60 bits per heavy atom. The Bertz CT molecular complexity index is 376. The lowest BCUT2D eigenvalue weighted by atomic mass is 10.00. The molecule has 0 heterocycles. The van der Waals surface area contributed by atoms with Crippen molar-refractivity contribution in [2.45, 2.75) is 59.4 Å². The lowest BCUT2D eigenvalue weighted by Crippen LogP contribution is -2.25. The van der Waals surface area contributed by atoms with Crippen LogP contribution in [0.5, 0.6) is 0 Å². The molecule has 0 bridgehead atoms. The van der Waals surface area contributed by atoms with Crippen LogP contribution in [0.15, 0.2) is 18.2 Å². The molecule has 114 valence electrons. The summed E-state index contributed by atoms with van der Waals surface area (Å²) >= 11 is 2.10. The SMILES string of the molecule is CCCCCSCC(NCCC)c1cc(C)ccc1C. The van der Waals surface area contributed by atoms with Crippen molar-refractivity contribution < 1.29 is 0 Å². The maximum absolute atomic E-state index is 3.72. The normalized spacial score (nSPS) is 12.6. The fraction of sp³-hybridized carbons (Fsp3) is 0.667. The van der Waals surface area contributed by atoms with Crippen LogP contribution >= 0.6 is 11.8 Å². The number of benzene rings is 1. The van der Waals surface area contributed by atoms with Crippen molar-refractivity contribution in [1.29, 1.82) is 0 Å². The molecular formula is C18H31NS. The van der Waals surface area contributed by atoms with Gasteiger partial charge in [0.15, 0.2) is 0 Å². The Balaban J connectivity index is 2.60. The van der Waals surface area contributed by atoms with Crippen molar-refractivity contribution in [1.82, 2.24) is 5.32 Å². The zero-order chi connectivity index (χ0) is 14.8. The van der Waals surface area contributed by atoms with Gasteiger partial charge in [0.1, 0.15) is 0 Å². The molecule has 0 spiro atoms. The molecule has 0 radical (unpaired) electrons. The molecular weight excluding hydrogens is 262 g/mol. The van der Waals surface area contributed by atoms with Crippen molar-refractivity contribution >= 4 is 11.8 Å². The fourth-order valence-electron chi connectivity index (χ4n) is 2.37. The molecule has 1 unspecified atom stereocenters. The largest absolute Gasteiger partial charge is 0.309 e. The predicted molar refractivity (Wildman–Crippen MR) is 93.8 cm³/mol. The summed E-state index contributed by atoms with van der Waals surface area (Å²) in [5.74, 6) is 2.48. The third kappa shape index (κ3) is 6.32. The lowest BCUT2D eigenvalue weighted by molar-refractivity contribution is 0.574. The Kier molecular flexibility index (Phi) is 9.04. The summed E-state index contributed by atoms with van der Waals surface area (Å²) in [5, 5.41) is 3.72. The van der Waals surface area contributed by atoms with E-state index in [9.17, 15) is 0 Å². The van der Waals surface area contributed by atoms with Crippen LogP contribution in [0.2, 0.25) is 0 Å². The third-order valence-electron chi connectivity index (χ3n) is 3.63. The highest BCUT2D eigenvalue weighted by atomic mass is 32.2. The monoisotopic (exact) mass is 293 g/mol. The second-order valence-corrected chi connectivity index (χ2v) is 6.80. The van der Waals surface area contributed by atoms with Crippen LogP contribution in [0, 0.1) is 13.8 Å². The topological polar surface area (TPSA) is 12.0 Å². The van der Waals surface area contributed by atoms with E-state index in [-0.39, 0.29) is 0 Å². The van der Waals surface area contributed by atoms with E-state index in [0.717, 1.165) is 6.54 Å². The van der Waals surface area contributed by atoms with Crippen molar-refractivity contribution in [2.75, 3.05) is 18.1 Å². The van der Waals surface area contributed by atoms with E-state index in [1.807, 2.05) is 0 Å². The van der Waals surface area contributed by atoms with E-state index < -0.39 is 0 Å². The summed E-state index contributed by atoms with van der Waals surface area (Å²) in [4.78, 5) is 0. The smallest absolute Gasteiger partial charge is 0.0414 e. The number of hydrogen-bond donors (Lipinski definition) is 1. The first-order valence-electron chi connectivity index (χ1n) is 8.07. The van der Waals surface area contributed by atoms with Crippen LogP contribution in [0.1, 0.15) is 62.3 Å². The number of unbranched alkanes of at least 4 members (excludes halogenated alkanes) is 2. The highest BCUT2D eigenvalue weighted by molar-refractivity contribution is 7.99. The fourth-order valence-corrected chi connectivity index (χ4v) is 3.48. The summed E-state index contributed by atoms with van der Waals surface area (Å²) in [5.41, 5.74) is 4.27. The van der Waals surface area contributed by atoms with Crippen LogP contribution in [0.3, 0.4) is 0 Å². The van der Waals surface area contributed by atoms with Gasteiger partial charge in [-0.1, -0.05) is 50.5 Å². The zero-order valence-electron chi connectivity index (χ0n) is 13.7. The molecule has 1 nitrogen and oxygen atoms in total. The second kappa shape index (κ2) is 10.3. The molecule has 0 aromatic heterocycles. The van der Waals surface area contributed by atoms with Gasteiger partial charge in [-0.3, -0.25) is 0 Å². The van der Waals surface area contributed by atoms with Gasteiger partial charge in [0.25, 0.3) is 0 Å². The Hall–Kier alpha value is -0.470. The van der Waals surface area contributed by atoms with E-state index in [1.54, 1.807) is 0 Å². The molecule has 1 rings (SSSR count). The summed E-state index contributed by atoms with van der Waals surface area (Å²) in [6.07, 6.45) is 5.23. The van der Waals surface area contributed by atoms with E-state index >= 15 is 0 Å². The maximum Gasteiger partial charge on any atom is 0.0414 e. The zero-order valence-corrected chi connectivity index (χ0v) is 14.5. The van der Waals surface area contributed by atoms with Crippen LogP contribution < -0.4 is 5.32 Å². The average Bonchev–Trinajstić information content (AvgIpc) is 2.45. The Morgan fingerprint density at radius 1 is 1.10 bits per heavy atom. The molecule has 0 aliphatic carbocycles. The van der Waals surface area contributed by atoms with Crippen LogP contribution in [0.4, 0.5) is 0 Å². The van der Waals surface area contributed by atoms with Gasteiger partial charge >= 0.3 is 0 Å². The van der Waals surface area contributed by atoms with Gasteiger partial charge in [-0.25, -0.2) is 0 Å². The average molecular weight is 294 g/mol. The van der Waals surface area contributed by atoms with E-state index in [0.29, 0.717) is 6.04 Å². The minimum absolute atomic E-state index is 0.501. The van der Waals surface area contributed by atoms with E-state index in [4.69, 9.17) is 0 Å². The van der Waals surface area contributed by atoms with Crippen molar-refractivity contribution in [3.8, 4) is 0 Å². The van der Waals surface area contributed by atoms with Crippen molar-refractivity contribution in [2.24, 2.45) is 0 Å². The van der Waals surface area contributed by atoms with Gasteiger partial charge in [0.2, 0.25) is 0 Å². The summed E-state index contributed by atoms with van der Waals surface area (Å²) < 4.78 is 0. The standard InChI is InChI=1S/C18H31NS/c1-5-7-8-12-20-14-18(19-11-6-2)17-13-15(3)9-10-16(17)4/h9-10,13,18-19H,5-8,11-12,14H2,1-4H3. The number of hydrogen-bond acceptors (Lipinski definition) is 2. The molecule has 20 heavy (non-hydrogen) atoms. The molecule has 0 aliphatic rings. The lowest BCUT2D eigenvalue weighted by Gasteiger charge is -2.21. The Labute approximate surface area is 129 Å². The molecule has 1 aromatic rings. The molecule has 1 N–H and O–H groups in total. The first kappa shape index (κ1) is 17.6. The number of thioether (sulfide) groups is 1. The summed E-state index contributed by atoms with van der Waals surface area (Å²) in [7, 11) is 0. The van der Waals surface area contributed by atoms with Gasteiger partial charge in [0, 0.05) is 11.8 Å². The summed E-state index contributed by atoms with van der Waals surface area (Å²) in [6, 6.07) is 7.33. The molecule has 0 saturated carbocycles. The highest BCUT2D eigenvalue weighted by Crippen LogP contribution is 2.23. The third-order valence-corrected chi connectivity index (χ3v) is 4.77. The molecule has 0 aliphatic heterocycles. The van der Waals surface area contributed by atoms with Gasteiger partial charge in [0.05, 0.1) is 0 Å². The molecule has 0 amide bonds.